The van der Waals surface area contributed by atoms with Crippen LogP contribution in [0.2, 0.25) is 0 Å². The average molecular weight is 351 g/mol. The highest BCUT2D eigenvalue weighted by Gasteiger charge is 2.28. The number of aromatic nitrogens is 4. The van der Waals surface area contributed by atoms with E-state index in [0.717, 1.165) is 35.0 Å². The summed E-state index contributed by atoms with van der Waals surface area (Å²) >= 11 is 0. The number of fused-ring (bicyclic) bond motifs is 1. The Hall–Kier alpha value is -2.80. The highest BCUT2D eigenvalue weighted by atomic mass is 16.3. The maximum atomic E-state index is 12.9. The normalized spacial score (nSPS) is 15.5. The second-order valence-corrected chi connectivity index (χ2v) is 6.67. The number of rotatable bonds is 3. The lowest BCUT2D eigenvalue weighted by Gasteiger charge is -2.32. The van der Waals surface area contributed by atoms with Gasteiger partial charge in [-0.25, -0.2) is 9.97 Å². The Balaban J connectivity index is 1.50. The molecule has 0 radical (unpaired) electrons. The largest absolute Gasteiger partial charge is 0.392 e. The summed E-state index contributed by atoms with van der Waals surface area (Å²) in [6, 6.07) is 7.66. The highest BCUT2D eigenvalue weighted by molar-refractivity contribution is 6.04. The van der Waals surface area contributed by atoms with E-state index in [9.17, 15) is 9.90 Å². The number of hydrogen-bond acceptors (Lipinski definition) is 5. The number of nitrogens with one attached hydrogen (secondary N) is 1. The summed E-state index contributed by atoms with van der Waals surface area (Å²) in [5, 5.41) is 17.5. The molecule has 1 aromatic carbocycles. The van der Waals surface area contributed by atoms with Gasteiger partial charge in [-0.05, 0) is 25.8 Å². The van der Waals surface area contributed by atoms with Crippen molar-refractivity contribution in [2.24, 2.45) is 0 Å². The number of piperidine rings is 1. The van der Waals surface area contributed by atoms with Crippen molar-refractivity contribution in [1.82, 2.24) is 25.1 Å². The third kappa shape index (κ3) is 2.94. The van der Waals surface area contributed by atoms with Crippen molar-refractivity contribution in [2.45, 2.75) is 32.3 Å². The smallest absolute Gasteiger partial charge is 0.274 e. The van der Waals surface area contributed by atoms with Crippen molar-refractivity contribution in [2.75, 3.05) is 13.1 Å². The van der Waals surface area contributed by atoms with Gasteiger partial charge in [0, 0.05) is 36.2 Å². The Morgan fingerprint density at radius 3 is 2.85 bits per heavy atom. The molecule has 0 spiro atoms. The predicted molar refractivity (Wildman–Crippen MR) is 96.7 cm³/mol. The number of nitrogens with zero attached hydrogens (tertiary/aromatic N) is 4. The number of likely N-dealkylation sites (tertiary alicyclic amines) is 1. The Morgan fingerprint density at radius 1 is 1.31 bits per heavy atom. The molecule has 2 N–H and O–H groups in total. The van der Waals surface area contributed by atoms with E-state index in [2.05, 4.69) is 20.2 Å². The maximum absolute atomic E-state index is 12.9. The summed E-state index contributed by atoms with van der Waals surface area (Å²) in [5.74, 6) is 0.902. The molecule has 4 rings (SSSR count). The minimum absolute atomic E-state index is 0.0397. The summed E-state index contributed by atoms with van der Waals surface area (Å²) in [5.41, 5.74) is 3.04. The molecule has 2 aromatic heterocycles. The summed E-state index contributed by atoms with van der Waals surface area (Å²) < 4.78 is 0. The first kappa shape index (κ1) is 16.7. The van der Waals surface area contributed by atoms with Crippen LogP contribution >= 0.6 is 0 Å². The summed E-state index contributed by atoms with van der Waals surface area (Å²) in [7, 11) is 0. The molecule has 0 atom stereocenters. The standard InChI is InChI=1S/C19H21N5O2/c1-12-20-10-14(11-25)17(21-12)13-6-8-24(9-7-13)19(26)18-15-4-2-3-5-16(15)22-23-18/h2-5,10,13,25H,6-9,11H2,1H3,(H,22,23). The van der Waals surface area contributed by atoms with Crippen LogP contribution < -0.4 is 0 Å². The van der Waals surface area contributed by atoms with Crippen LogP contribution in [0.1, 0.15) is 46.3 Å². The first-order chi connectivity index (χ1) is 12.7. The zero-order valence-corrected chi connectivity index (χ0v) is 14.6. The number of carbonyl (C=O) groups is 1. The molecule has 1 saturated heterocycles. The lowest BCUT2D eigenvalue weighted by Crippen LogP contribution is -2.38. The number of aryl methyl sites for hydroxylation is 1. The van der Waals surface area contributed by atoms with Crippen molar-refractivity contribution in [3.05, 3.63) is 53.2 Å². The van der Waals surface area contributed by atoms with Crippen LogP contribution in [0.5, 0.6) is 0 Å². The number of amides is 1. The molecule has 0 bridgehead atoms. The average Bonchev–Trinajstić information content (AvgIpc) is 3.11. The number of para-hydroxylation sites is 1. The van der Waals surface area contributed by atoms with Gasteiger partial charge >= 0.3 is 0 Å². The predicted octanol–water partition coefficient (Wildman–Crippen LogP) is 2.17. The van der Waals surface area contributed by atoms with Gasteiger partial charge in [-0.15, -0.1) is 0 Å². The van der Waals surface area contributed by atoms with Crippen LogP contribution in [0.25, 0.3) is 10.9 Å². The van der Waals surface area contributed by atoms with Crippen molar-refractivity contribution in [3.63, 3.8) is 0 Å². The first-order valence-electron chi connectivity index (χ1n) is 8.83. The zero-order chi connectivity index (χ0) is 18.1. The number of aliphatic hydroxyl groups is 1. The number of benzene rings is 1. The monoisotopic (exact) mass is 351 g/mol. The molecule has 1 fully saturated rings. The number of H-pyrrole nitrogens is 1. The minimum atomic E-state index is -0.0615. The first-order valence-corrected chi connectivity index (χ1v) is 8.83. The SMILES string of the molecule is Cc1ncc(CO)c(C2CCN(C(=O)c3n[nH]c4ccccc34)CC2)n1. The molecule has 7 heteroatoms. The molecule has 1 amide bonds. The molecule has 1 aliphatic rings. The molecule has 3 heterocycles. The van der Waals surface area contributed by atoms with Gasteiger partial charge in [0.2, 0.25) is 0 Å². The summed E-state index contributed by atoms with van der Waals surface area (Å²) in [4.78, 5) is 23.4. The van der Waals surface area contributed by atoms with Crippen LogP contribution in [0.3, 0.4) is 0 Å². The highest BCUT2D eigenvalue weighted by Crippen LogP contribution is 2.30. The molecule has 0 saturated carbocycles. The van der Waals surface area contributed by atoms with Crippen LogP contribution in [0, 0.1) is 6.92 Å². The fourth-order valence-electron chi connectivity index (χ4n) is 3.62. The molecule has 1 aliphatic heterocycles. The summed E-state index contributed by atoms with van der Waals surface area (Å²) in [6.07, 6.45) is 3.33. The van der Waals surface area contributed by atoms with Gasteiger partial charge in [0.05, 0.1) is 17.8 Å². The molecular formula is C19H21N5O2. The lowest BCUT2D eigenvalue weighted by molar-refractivity contribution is 0.0707. The molecule has 134 valence electrons. The quantitative estimate of drug-likeness (QED) is 0.754. The van der Waals surface area contributed by atoms with Gasteiger partial charge in [0.1, 0.15) is 5.82 Å². The Labute approximate surface area is 151 Å². The minimum Gasteiger partial charge on any atom is -0.392 e. The lowest BCUT2D eigenvalue weighted by atomic mass is 9.90. The van der Waals surface area contributed by atoms with Gasteiger partial charge in [-0.1, -0.05) is 18.2 Å². The van der Waals surface area contributed by atoms with E-state index in [0.29, 0.717) is 24.6 Å². The van der Waals surface area contributed by atoms with Crippen molar-refractivity contribution in [1.29, 1.82) is 0 Å². The van der Waals surface area contributed by atoms with E-state index in [4.69, 9.17) is 0 Å². The molecule has 0 unspecified atom stereocenters. The molecule has 7 nitrogen and oxygen atoms in total. The van der Waals surface area contributed by atoms with Crippen LogP contribution in [-0.4, -0.2) is 49.2 Å². The Bertz CT molecular complexity index is 944. The van der Waals surface area contributed by atoms with E-state index >= 15 is 0 Å². The maximum Gasteiger partial charge on any atom is 0.274 e. The van der Waals surface area contributed by atoms with E-state index in [-0.39, 0.29) is 18.4 Å². The fourth-order valence-corrected chi connectivity index (χ4v) is 3.62. The molecule has 3 aromatic rings. The van der Waals surface area contributed by atoms with Crippen molar-refractivity contribution < 1.29 is 9.90 Å². The van der Waals surface area contributed by atoms with Crippen LogP contribution in [0.4, 0.5) is 0 Å². The van der Waals surface area contributed by atoms with Gasteiger partial charge in [0.25, 0.3) is 5.91 Å². The van der Waals surface area contributed by atoms with Crippen molar-refractivity contribution in [3.8, 4) is 0 Å². The van der Waals surface area contributed by atoms with Gasteiger partial charge in [-0.3, -0.25) is 9.89 Å². The number of carbonyl (C=O) groups excluding carboxylic acids is 1. The second kappa shape index (κ2) is 6.84. The Morgan fingerprint density at radius 2 is 2.08 bits per heavy atom. The Kier molecular flexibility index (Phi) is 4.38. The summed E-state index contributed by atoms with van der Waals surface area (Å²) in [6.45, 7) is 3.09. The molecule has 26 heavy (non-hydrogen) atoms. The number of aromatic amines is 1. The van der Waals surface area contributed by atoms with Crippen molar-refractivity contribution >= 4 is 16.8 Å². The number of hydrogen-bond donors (Lipinski definition) is 2. The third-order valence-electron chi connectivity index (χ3n) is 5.03. The third-order valence-corrected chi connectivity index (χ3v) is 5.03. The zero-order valence-electron chi connectivity index (χ0n) is 14.6. The van der Waals surface area contributed by atoms with Gasteiger partial charge in [-0.2, -0.15) is 5.10 Å². The van der Waals surface area contributed by atoms with Crippen LogP contribution in [0.15, 0.2) is 30.5 Å². The topological polar surface area (TPSA) is 95.0 Å². The van der Waals surface area contributed by atoms with Gasteiger partial charge in [0.15, 0.2) is 5.69 Å². The fraction of sp³-hybridized carbons (Fsp3) is 0.368. The van der Waals surface area contributed by atoms with Crippen LogP contribution in [-0.2, 0) is 6.61 Å². The molecular weight excluding hydrogens is 330 g/mol. The van der Waals surface area contributed by atoms with E-state index < -0.39 is 0 Å². The number of aliphatic hydroxyl groups excluding tert-OH is 1. The van der Waals surface area contributed by atoms with Gasteiger partial charge < -0.3 is 10.0 Å². The van der Waals surface area contributed by atoms with E-state index in [1.165, 1.54) is 0 Å². The van der Waals surface area contributed by atoms with E-state index in [1.54, 1.807) is 6.20 Å². The molecule has 0 aliphatic carbocycles. The second-order valence-electron chi connectivity index (χ2n) is 6.67. The van der Waals surface area contributed by atoms with E-state index in [1.807, 2.05) is 36.1 Å².